The Bertz CT molecular complexity index is 1820. The van der Waals surface area contributed by atoms with E-state index < -0.39 is 97.5 Å². The van der Waals surface area contributed by atoms with Gasteiger partial charge in [0.2, 0.25) is 0 Å². The van der Waals surface area contributed by atoms with Gasteiger partial charge in [-0.25, -0.2) is 9.13 Å². The summed E-state index contributed by atoms with van der Waals surface area (Å²) in [6, 6.07) is 0. The predicted molar refractivity (Wildman–Crippen MR) is 386 cm³/mol. The molecule has 19 heteroatoms. The number of rotatable bonds is 76. The number of phosphoric acid groups is 2. The first-order valence-electron chi connectivity index (χ1n) is 39.6. The molecule has 3 N–H and O–H groups in total. The molecule has 0 saturated carbocycles. The normalized spacial score (nSPS) is 13.9. The molecular formula is C76H148O17P2. The summed E-state index contributed by atoms with van der Waals surface area (Å²) in [5.74, 6) is -1.31. The Labute approximate surface area is 581 Å². The number of ether oxygens (including phenoxy) is 4. The molecule has 0 bridgehead atoms. The number of aliphatic hydroxyl groups excluding tert-OH is 1. The summed E-state index contributed by atoms with van der Waals surface area (Å²) in [4.78, 5) is 72.8. The lowest BCUT2D eigenvalue weighted by Crippen LogP contribution is -2.30. The molecule has 17 nitrogen and oxygen atoms in total. The van der Waals surface area contributed by atoms with Gasteiger partial charge in [0.05, 0.1) is 26.4 Å². The summed E-state index contributed by atoms with van der Waals surface area (Å²) in [5, 5.41) is 10.6. The van der Waals surface area contributed by atoms with Crippen molar-refractivity contribution >= 4 is 39.5 Å². The van der Waals surface area contributed by atoms with Crippen LogP contribution in [0.5, 0.6) is 0 Å². The van der Waals surface area contributed by atoms with Crippen molar-refractivity contribution < 1.29 is 80.2 Å². The minimum Gasteiger partial charge on any atom is -0.462 e. The second-order valence-electron chi connectivity index (χ2n) is 27.9. The number of carbonyl (C=O) groups excluding carboxylic acids is 4. The van der Waals surface area contributed by atoms with Crippen molar-refractivity contribution in [2.75, 3.05) is 39.6 Å². The molecule has 0 aliphatic rings. The number of esters is 4. The van der Waals surface area contributed by atoms with E-state index in [-0.39, 0.29) is 25.7 Å². The highest BCUT2D eigenvalue weighted by Crippen LogP contribution is 2.45. The summed E-state index contributed by atoms with van der Waals surface area (Å²) < 4.78 is 68.5. The molecule has 5 atom stereocenters. The lowest BCUT2D eigenvalue weighted by atomic mass is 10.0. The van der Waals surface area contributed by atoms with Crippen molar-refractivity contribution in [2.45, 2.75) is 419 Å². The molecule has 0 saturated heterocycles. The second kappa shape index (κ2) is 69.2. The molecule has 0 radical (unpaired) electrons. The summed E-state index contributed by atoms with van der Waals surface area (Å²) in [7, 11) is -9.91. The number of carbonyl (C=O) groups is 4. The maximum Gasteiger partial charge on any atom is 0.472 e. The van der Waals surface area contributed by atoms with E-state index in [4.69, 9.17) is 37.0 Å². The van der Waals surface area contributed by atoms with Crippen LogP contribution in [0.2, 0.25) is 0 Å². The third-order valence-corrected chi connectivity index (χ3v) is 19.7. The third kappa shape index (κ3) is 70.3. The van der Waals surface area contributed by atoms with Crippen molar-refractivity contribution in [1.29, 1.82) is 0 Å². The van der Waals surface area contributed by atoms with E-state index in [1.807, 2.05) is 0 Å². The van der Waals surface area contributed by atoms with Crippen molar-refractivity contribution in [3.63, 3.8) is 0 Å². The first kappa shape index (κ1) is 93.1. The monoisotopic (exact) mass is 1400 g/mol. The third-order valence-electron chi connectivity index (χ3n) is 17.8. The second-order valence-corrected chi connectivity index (χ2v) is 30.8. The smallest absolute Gasteiger partial charge is 0.462 e. The van der Waals surface area contributed by atoms with Gasteiger partial charge in [-0.05, 0) is 31.6 Å². The van der Waals surface area contributed by atoms with E-state index in [1.165, 1.54) is 225 Å². The van der Waals surface area contributed by atoms with Crippen LogP contribution in [0.4, 0.5) is 0 Å². The minimum absolute atomic E-state index is 0.108. The van der Waals surface area contributed by atoms with Gasteiger partial charge >= 0.3 is 39.5 Å². The maximum atomic E-state index is 13.1. The number of hydrogen-bond acceptors (Lipinski definition) is 15. The maximum absolute atomic E-state index is 13.1. The van der Waals surface area contributed by atoms with Crippen LogP contribution in [0.3, 0.4) is 0 Å². The van der Waals surface area contributed by atoms with Gasteiger partial charge in [0, 0.05) is 25.7 Å². The van der Waals surface area contributed by atoms with Crippen LogP contribution < -0.4 is 0 Å². The first-order valence-corrected chi connectivity index (χ1v) is 42.6. The Balaban J connectivity index is 5.23. The molecule has 0 amide bonds. The molecule has 0 aromatic rings. The van der Waals surface area contributed by atoms with Gasteiger partial charge in [0.15, 0.2) is 12.2 Å². The van der Waals surface area contributed by atoms with Gasteiger partial charge in [-0.15, -0.1) is 0 Å². The summed E-state index contributed by atoms with van der Waals surface area (Å²) in [5.41, 5.74) is 0. The van der Waals surface area contributed by atoms with Crippen LogP contribution in [0, 0.1) is 5.92 Å². The zero-order valence-electron chi connectivity index (χ0n) is 61.8. The highest BCUT2D eigenvalue weighted by atomic mass is 31.2. The Kier molecular flexibility index (Phi) is 67.7. The van der Waals surface area contributed by atoms with Gasteiger partial charge < -0.3 is 33.8 Å². The fourth-order valence-electron chi connectivity index (χ4n) is 11.7. The zero-order chi connectivity index (χ0) is 69.8. The van der Waals surface area contributed by atoms with E-state index in [1.54, 1.807) is 0 Å². The van der Waals surface area contributed by atoms with E-state index >= 15 is 0 Å². The topological polar surface area (TPSA) is 237 Å². The number of phosphoric ester groups is 2. The van der Waals surface area contributed by atoms with Crippen molar-refractivity contribution in [2.24, 2.45) is 5.92 Å². The summed E-state index contributed by atoms with van der Waals surface area (Å²) in [6.07, 6.45) is 58.1. The van der Waals surface area contributed by atoms with Gasteiger partial charge in [-0.3, -0.25) is 37.3 Å². The molecule has 0 aliphatic carbocycles. The van der Waals surface area contributed by atoms with Crippen LogP contribution in [0.15, 0.2) is 0 Å². The fourth-order valence-corrected chi connectivity index (χ4v) is 13.3. The molecule has 95 heavy (non-hydrogen) atoms. The van der Waals surface area contributed by atoms with Crippen LogP contribution in [-0.4, -0.2) is 96.7 Å². The molecule has 0 rings (SSSR count). The quantitative estimate of drug-likeness (QED) is 0.0222. The summed E-state index contributed by atoms with van der Waals surface area (Å²) >= 11 is 0. The summed E-state index contributed by atoms with van der Waals surface area (Å²) in [6.45, 7) is 7.32. The van der Waals surface area contributed by atoms with Gasteiger partial charge in [0.1, 0.15) is 19.3 Å². The number of aliphatic hydroxyl groups is 1. The Morgan fingerprint density at radius 2 is 0.484 bits per heavy atom. The molecule has 0 fully saturated rings. The Morgan fingerprint density at radius 1 is 0.284 bits per heavy atom. The number of unbranched alkanes of at least 4 members (excludes halogenated alkanes) is 48. The Morgan fingerprint density at radius 3 is 0.716 bits per heavy atom. The van der Waals surface area contributed by atoms with Crippen LogP contribution in [0.1, 0.15) is 401 Å². The minimum atomic E-state index is -4.96. The van der Waals surface area contributed by atoms with E-state index in [2.05, 4.69) is 34.6 Å². The fraction of sp³-hybridized carbons (Fsp3) is 0.947. The molecular weight excluding hydrogens is 1250 g/mol. The lowest BCUT2D eigenvalue weighted by molar-refractivity contribution is -0.161. The van der Waals surface area contributed by atoms with Gasteiger partial charge in [-0.1, -0.05) is 349 Å². The average Bonchev–Trinajstić information content (AvgIpc) is 3.75. The average molecular weight is 1400 g/mol. The van der Waals surface area contributed by atoms with Gasteiger partial charge in [-0.2, -0.15) is 0 Å². The molecule has 0 aliphatic heterocycles. The van der Waals surface area contributed by atoms with Crippen molar-refractivity contribution in [3.05, 3.63) is 0 Å². The number of hydrogen-bond donors (Lipinski definition) is 3. The standard InChI is InChI=1S/C76H148O17P2/c1-6-9-12-15-18-21-24-26-28-32-36-40-45-50-55-60-74(79)87-66-72(93-76(81)62-57-52-47-42-37-33-30-27-29-31-34-38-43-48-53-58-69(4)5)68-91-95(84,85)89-64-70(77)63-88-94(82,83)90-67-71(65-86-73(78)59-54-49-44-39-23-20-17-14-11-8-3)92-75(80)61-56-51-46-41-35-25-22-19-16-13-10-7-2/h69-72,77H,6-68H2,1-5H3,(H,82,83)(H,84,85)/t70-,71+,72+/m0/s1. The molecule has 564 valence electrons. The Hall–Kier alpha value is -1.94. The van der Waals surface area contributed by atoms with Crippen LogP contribution in [-0.2, 0) is 65.4 Å². The van der Waals surface area contributed by atoms with E-state index in [0.717, 1.165) is 95.8 Å². The highest BCUT2D eigenvalue weighted by molar-refractivity contribution is 7.47. The van der Waals surface area contributed by atoms with Crippen LogP contribution in [0.25, 0.3) is 0 Å². The first-order chi connectivity index (χ1) is 46.0. The largest absolute Gasteiger partial charge is 0.472 e. The molecule has 0 spiro atoms. The zero-order valence-corrected chi connectivity index (χ0v) is 63.6. The lowest BCUT2D eigenvalue weighted by Gasteiger charge is -2.21. The van der Waals surface area contributed by atoms with E-state index in [0.29, 0.717) is 25.7 Å². The highest BCUT2D eigenvalue weighted by Gasteiger charge is 2.30. The molecule has 0 aromatic carbocycles. The molecule has 0 aromatic heterocycles. The van der Waals surface area contributed by atoms with Gasteiger partial charge in [0.25, 0.3) is 0 Å². The SMILES string of the molecule is CCCCCCCCCCCCCCCCCC(=O)OC[C@H](COP(=O)(O)OC[C@@H](O)COP(=O)(O)OC[C@@H](COC(=O)CCCCCCCCCCCC)OC(=O)CCCCCCCCCCCCCC)OC(=O)CCCCCCCCCCCCCCCCCC(C)C. The van der Waals surface area contributed by atoms with Crippen LogP contribution >= 0.6 is 15.6 Å². The molecule has 2 unspecified atom stereocenters. The van der Waals surface area contributed by atoms with E-state index in [9.17, 15) is 43.2 Å². The van der Waals surface area contributed by atoms with Crippen molar-refractivity contribution in [3.8, 4) is 0 Å². The van der Waals surface area contributed by atoms with Crippen molar-refractivity contribution in [1.82, 2.24) is 0 Å². The predicted octanol–water partition coefficient (Wildman–Crippen LogP) is 22.5. The molecule has 0 heterocycles.